The van der Waals surface area contributed by atoms with Gasteiger partial charge in [-0.25, -0.2) is 0 Å². The number of carboxylic acids is 1. The van der Waals surface area contributed by atoms with Crippen LogP contribution in [0.4, 0.5) is 0 Å². The molecule has 0 radical (unpaired) electrons. The summed E-state index contributed by atoms with van der Waals surface area (Å²) < 4.78 is 0. The van der Waals surface area contributed by atoms with Gasteiger partial charge in [-0.2, -0.15) is 0 Å². The second kappa shape index (κ2) is 4.43. The first-order chi connectivity index (χ1) is 7.08. The Balaban J connectivity index is 2.88. The highest BCUT2D eigenvalue weighted by Crippen LogP contribution is 2.22. The Morgan fingerprint density at radius 1 is 1.73 bits per heavy atom. The zero-order chi connectivity index (χ0) is 11.3. The van der Waals surface area contributed by atoms with E-state index in [1.807, 2.05) is 0 Å². The average molecular weight is 206 g/mol. The van der Waals surface area contributed by atoms with E-state index in [4.69, 9.17) is 10.6 Å². The fourth-order valence-electron chi connectivity index (χ4n) is 0.996. The van der Waals surface area contributed by atoms with Gasteiger partial charge in [0.25, 0.3) is 0 Å². The monoisotopic (exact) mass is 206 g/mol. The third-order valence-electron chi connectivity index (χ3n) is 2.04. The molecule has 0 saturated carbocycles. The summed E-state index contributed by atoms with van der Waals surface area (Å²) in [7, 11) is 0. The Hall–Kier alpha value is -2.07. The molecular weight excluding hydrogens is 196 g/mol. The van der Waals surface area contributed by atoms with Crippen LogP contribution < -0.4 is 0 Å². The summed E-state index contributed by atoms with van der Waals surface area (Å²) in [6.07, 6.45) is 5.97. The minimum absolute atomic E-state index is 0.118. The fraction of sp³-hybridized carbons (Fsp3) is 0.333. The molecule has 0 saturated heterocycles. The molecule has 0 aromatic carbocycles. The van der Waals surface area contributed by atoms with Crippen LogP contribution in [-0.4, -0.2) is 23.3 Å². The highest BCUT2D eigenvalue weighted by atomic mass is 16.4. The maximum atomic E-state index is 10.9. The van der Waals surface area contributed by atoms with Crippen molar-refractivity contribution in [1.29, 1.82) is 0 Å². The summed E-state index contributed by atoms with van der Waals surface area (Å²) >= 11 is 0. The van der Waals surface area contributed by atoms with Crippen molar-refractivity contribution in [1.82, 2.24) is 0 Å². The molecule has 1 heterocycles. The summed E-state index contributed by atoms with van der Waals surface area (Å²) in [5.41, 5.74) is 7.61. The lowest BCUT2D eigenvalue weighted by molar-refractivity contribution is -0.142. The Morgan fingerprint density at radius 3 is 3.07 bits per heavy atom. The molecule has 0 spiro atoms. The third kappa shape index (κ3) is 2.69. The fourth-order valence-corrected chi connectivity index (χ4v) is 0.996. The maximum absolute atomic E-state index is 10.9. The van der Waals surface area contributed by atoms with Gasteiger partial charge < -0.3 is 5.11 Å². The van der Waals surface area contributed by atoms with Crippen molar-refractivity contribution >= 4 is 11.7 Å². The molecular formula is C9H10N4O2. The normalized spacial score (nSPS) is 23.9. The molecule has 0 bridgehead atoms. The van der Waals surface area contributed by atoms with Gasteiger partial charge in [-0.3, -0.25) is 9.79 Å². The van der Waals surface area contributed by atoms with E-state index in [0.29, 0.717) is 5.71 Å². The van der Waals surface area contributed by atoms with Crippen molar-refractivity contribution in [3.05, 3.63) is 34.9 Å². The first kappa shape index (κ1) is 11.0. The summed E-state index contributed by atoms with van der Waals surface area (Å²) in [5.74, 6) is -0.949. The highest BCUT2D eigenvalue weighted by molar-refractivity contribution is 5.98. The van der Waals surface area contributed by atoms with Gasteiger partial charge in [0.2, 0.25) is 0 Å². The van der Waals surface area contributed by atoms with Gasteiger partial charge in [0.05, 0.1) is 6.54 Å². The largest absolute Gasteiger partial charge is 0.480 e. The van der Waals surface area contributed by atoms with E-state index in [9.17, 15) is 4.79 Å². The predicted octanol–water partition coefficient (Wildman–Crippen LogP) is 1.91. The van der Waals surface area contributed by atoms with Crippen molar-refractivity contribution in [2.75, 3.05) is 6.54 Å². The summed E-state index contributed by atoms with van der Waals surface area (Å²) in [4.78, 5) is 17.5. The predicted molar refractivity (Wildman–Crippen MR) is 55.5 cm³/mol. The topological polar surface area (TPSA) is 98.4 Å². The van der Waals surface area contributed by atoms with Gasteiger partial charge >= 0.3 is 5.97 Å². The number of aliphatic imine (C=N–C) groups is 1. The number of carbonyl (C=O) groups is 1. The van der Waals surface area contributed by atoms with E-state index >= 15 is 0 Å². The van der Waals surface area contributed by atoms with E-state index in [2.05, 4.69) is 15.0 Å². The van der Waals surface area contributed by atoms with Gasteiger partial charge in [0, 0.05) is 16.8 Å². The summed E-state index contributed by atoms with van der Waals surface area (Å²) in [5, 5.41) is 12.3. The van der Waals surface area contributed by atoms with Gasteiger partial charge in [-0.1, -0.05) is 11.2 Å². The summed E-state index contributed by atoms with van der Waals surface area (Å²) in [6.45, 7) is 1.68. The van der Waals surface area contributed by atoms with E-state index in [0.717, 1.165) is 0 Å². The lowest BCUT2D eigenvalue weighted by Gasteiger charge is -2.13. The molecule has 1 rings (SSSR count). The Labute approximate surface area is 86.3 Å². The Bertz CT molecular complexity index is 404. The zero-order valence-corrected chi connectivity index (χ0v) is 8.16. The van der Waals surface area contributed by atoms with E-state index in [1.54, 1.807) is 13.0 Å². The van der Waals surface area contributed by atoms with Gasteiger partial charge in [0.1, 0.15) is 5.41 Å². The van der Waals surface area contributed by atoms with E-state index < -0.39 is 11.4 Å². The maximum Gasteiger partial charge on any atom is 0.317 e. The van der Waals surface area contributed by atoms with Crippen molar-refractivity contribution in [2.45, 2.75) is 6.92 Å². The standard InChI is InChI=1S/C9H10N4O2/c1-9(8(14)15)3-2-7(6-12-13-10)11-5-4-9/h2-5H,6H2,1H3,(H,14,15). The van der Waals surface area contributed by atoms with Crippen molar-refractivity contribution < 1.29 is 9.90 Å². The molecule has 6 nitrogen and oxygen atoms in total. The minimum Gasteiger partial charge on any atom is -0.480 e. The van der Waals surface area contributed by atoms with E-state index in [1.165, 1.54) is 18.4 Å². The number of hydrogen-bond acceptors (Lipinski definition) is 3. The quantitative estimate of drug-likeness (QED) is 0.433. The van der Waals surface area contributed by atoms with Gasteiger partial charge in [-0.15, -0.1) is 0 Å². The molecule has 6 heteroatoms. The molecule has 15 heavy (non-hydrogen) atoms. The number of carboxylic acid groups (broad SMARTS) is 1. The third-order valence-corrected chi connectivity index (χ3v) is 2.04. The number of rotatable bonds is 3. The molecule has 0 fully saturated rings. The van der Waals surface area contributed by atoms with Gasteiger partial charge in [0.15, 0.2) is 0 Å². The first-order valence-electron chi connectivity index (χ1n) is 4.26. The van der Waals surface area contributed by atoms with Crippen molar-refractivity contribution in [2.24, 2.45) is 15.5 Å². The molecule has 1 unspecified atom stereocenters. The van der Waals surface area contributed by atoms with E-state index in [-0.39, 0.29) is 6.54 Å². The number of azide groups is 1. The Morgan fingerprint density at radius 2 is 2.47 bits per heavy atom. The van der Waals surface area contributed by atoms with Crippen LogP contribution in [0.15, 0.2) is 34.5 Å². The molecule has 1 N–H and O–H groups in total. The van der Waals surface area contributed by atoms with Crippen LogP contribution in [0.1, 0.15) is 6.92 Å². The van der Waals surface area contributed by atoms with Crippen molar-refractivity contribution in [3.63, 3.8) is 0 Å². The smallest absolute Gasteiger partial charge is 0.317 e. The molecule has 1 atom stereocenters. The van der Waals surface area contributed by atoms with Crippen LogP contribution in [0.25, 0.3) is 10.4 Å². The first-order valence-corrected chi connectivity index (χ1v) is 4.26. The van der Waals surface area contributed by atoms with Crippen molar-refractivity contribution in [3.8, 4) is 0 Å². The lowest BCUT2D eigenvalue weighted by atomic mass is 9.90. The second-order valence-electron chi connectivity index (χ2n) is 3.25. The molecule has 1 aliphatic rings. The SMILES string of the molecule is CC1(C(=O)O)C=CN=C(CN=[N+]=[N-])C=C1. The lowest BCUT2D eigenvalue weighted by Crippen LogP contribution is -2.22. The van der Waals surface area contributed by atoms with Crippen LogP contribution in [0, 0.1) is 5.41 Å². The molecule has 78 valence electrons. The number of hydrogen-bond donors (Lipinski definition) is 1. The molecule has 1 aliphatic heterocycles. The minimum atomic E-state index is -1.05. The second-order valence-corrected chi connectivity index (χ2v) is 3.25. The zero-order valence-electron chi connectivity index (χ0n) is 8.16. The summed E-state index contributed by atoms with van der Waals surface area (Å²) in [6, 6.07) is 0. The highest BCUT2D eigenvalue weighted by Gasteiger charge is 2.27. The molecule has 0 aliphatic carbocycles. The molecule has 0 amide bonds. The molecule has 0 aromatic heterocycles. The van der Waals surface area contributed by atoms with Crippen LogP contribution in [0.5, 0.6) is 0 Å². The van der Waals surface area contributed by atoms with Crippen LogP contribution >= 0.6 is 0 Å². The van der Waals surface area contributed by atoms with Crippen LogP contribution in [0.3, 0.4) is 0 Å². The number of aliphatic carboxylic acids is 1. The Kier molecular flexibility index (Phi) is 3.25. The van der Waals surface area contributed by atoms with Crippen LogP contribution in [0.2, 0.25) is 0 Å². The van der Waals surface area contributed by atoms with Crippen LogP contribution in [-0.2, 0) is 4.79 Å². The number of nitrogens with zero attached hydrogens (tertiary/aromatic N) is 4. The molecule has 0 aromatic rings. The van der Waals surface area contributed by atoms with Gasteiger partial charge in [-0.05, 0) is 24.6 Å². The average Bonchev–Trinajstić information content (AvgIpc) is 2.39.